The maximum atomic E-state index is 13.3. The van der Waals surface area contributed by atoms with Gasteiger partial charge in [0.1, 0.15) is 5.75 Å². The van der Waals surface area contributed by atoms with E-state index in [-0.39, 0.29) is 24.5 Å². The second-order valence-corrected chi connectivity index (χ2v) is 11.1. The standard InChI is InChI=1S/C33H47N3O5/c1-4-7-12-32(40-24-28(37)23-34(5-2)6-3)41-29-16-13-26(14-17-29)33(39)35-21-19-27(20-22-35)36-30-11-9-8-10-25(30)15-18-31(36)38/h8-11,13-14,16-17,27-28,32,37H,4-7,12,15,18-24H2,1-3H3. The molecule has 1 fully saturated rings. The lowest BCUT2D eigenvalue weighted by Crippen LogP contribution is -2.50. The molecule has 2 aliphatic rings. The summed E-state index contributed by atoms with van der Waals surface area (Å²) in [4.78, 5) is 32.1. The fourth-order valence-corrected chi connectivity index (χ4v) is 5.79. The Balaban J connectivity index is 1.30. The summed E-state index contributed by atoms with van der Waals surface area (Å²) in [6, 6.07) is 15.5. The van der Waals surface area contributed by atoms with Gasteiger partial charge in [0.25, 0.3) is 5.91 Å². The Kier molecular flexibility index (Phi) is 11.6. The number of fused-ring (bicyclic) bond motifs is 1. The van der Waals surface area contributed by atoms with E-state index in [0.29, 0.717) is 37.4 Å². The number of para-hydroxylation sites is 1. The molecule has 0 spiro atoms. The number of carbonyl (C=O) groups is 2. The highest BCUT2D eigenvalue weighted by Gasteiger charge is 2.33. The van der Waals surface area contributed by atoms with Crippen LogP contribution in [0.15, 0.2) is 48.5 Å². The molecule has 2 aromatic carbocycles. The van der Waals surface area contributed by atoms with Gasteiger partial charge in [0.05, 0.1) is 12.7 Å². The van der Waals surface area contributed by atoms with Crippen molar-refractivity contribution in [2.45, 2.75) is 84.2 Å². The zero-order valence-corrected chi connectivity index (χ0v) is 25.0. The summed E-state index contributed by atoms with van der Waals surface area (Å²) in [5.74, 6) is 0.823. The Hall–Kier alpha value is -2.94. The van der Waals surface area contributed by atoms with Crippen molar-refractivity contribution in [1.29, 1.82) is 0 Å². The van der Waals surface area contributed by atoms with Gasteiger partial charge in [0, 0.05) is 49.8 Å². The zero-order valence-electron chi connectivity index (χ0n) is 25.0. The van der Waals surface area contributed by atoms with E-state index in [0.717, 1.165) is 57.3 Å². The quantitative estimate of drug-likeness (QED) is 0.329. The molecule has 224 valence electrons. The van der Waals surface area contributed by atoms with E-state index in [1.165, 1.54) is 5.56 Å². The Morgan fingerprint density at radius 1 is 1.02 bits per heavy atom. The first-order chi connectivity index (χ1) is 19.9. The number of carbonyl (C=O) groups excluding carboxylic acids is 2. The smallest absolute Gasteiger partial charge is 0.253 e. The second-order valence-electron chi connectivity index (χ2n) is 11.1. The Morgan fingerprint density at radius 3 is 2.41 bits per heavy atom. The van der Waals surface area contributed by atoms with Crippen LogP contribution in [0.5, 0.6) is 5.75 Å². The first-order valence-electron chi connectivity index (χ1n) is 15.4. The number of piperidine rings is 1. The minimum Gasteiger partial charge on any atom is -0.465 e. The number of rotatable bonds is 14. The summed E-state index contributed by atoms with van der Waals surface area (Å²) in [7, 11) is 0. The van der Waals surface area contributed by atoms with Crippen molar-refractivity contribution in [2.24, 2.45) is 0 Å². The van der Waals surface area contributed by atoms with Gasteiger partial charge >= 0.3 is 0 Å². The molecule has 8 nitrogen and oxygen atoms in total. The highest BCUT2D eigenvalue weighted by atomic mass is 16.7. The number of amides is 2. The molecule has 8 heteroatoms. The normalized spacial score (nSPS) is 17.4. The zero-order chi connectivity index (χ0) is 29.2. The maximum absolute atomic E-state index is 13.3. The largest absolute Gasteiger partial charge is 0.465 e. The highest BCUT2D eigenvalue weighted by Crippen LogP contribution is 2.32. The predicted octanol–water partition coefficient (Wildman–Crippen LogP) is 4.89. The predicted molar refractivity (Wildman–Crippen MR) is 161 cm³/mol. The molecule has 1 saturated heterocycles. The number of anilines is 1. The summed E-state index contributed by atoms with van der Waals surface area (Å²) in [5, 5.41) is 10.4. The lowest BCUT2D eigenvalue weighted by atomic mass is 9.95. The average molecular weight is 566 g/mol. The van der Waals surface area contributed by atoms with Gasteiger partial charge in [-0.25, -0.2) is 0 Å². The van der Waals surface area contributed by atoms with Crippen LogP contribution >= 0.6 is 0 Å². The first-order valence-corrected chi connectivity index (χ1v) is 15.4. The fraction of sp³-hybridized carbons (Fsp3) is 0.576. The molecule has 2 aromatic rings. The van der Waals surface area contributed by atoms with Gasteiger partial charge in [-0.3, -0.25) is 9.59 Å². The molecule has 0 radical (unpaired) electrons. The third kappa shape index (κ3) is 8.31. The van der Waals surface area contributed by atoms with E-state index >= 15 is 0 Å². The van der Waals surface area contributed by atoms with Crippen molar-refractivity contribution in [3.05, 3.63) is 59.7 Å². The number of aliphatic hydroxyl groups excluding tert-OH is 1. The van der Waals surface area contributed by atoms with Crippen molar-refractivity contribution in [3.63, 3.8) is 0 Å². The van der Waals surface area contributed by atoms with Crippen LogP contribution in [0.4, 0.5) is 5.69 Å². The topological polar surface area (TPSA) is 82.6 Å². The number of ether oxygens (including phenoxy) is 2. The Labute approximate surface area is 245 Å². The molecule has 41 heavy (non-hydrogen) atoms. The SMILES string of the molecule is CCCCC(OCC(O)CN(CC)CC)Oc1ccc(C(=O)N2CCC(N3C(=O)CCc4ccccc43)CC2)cc1. The molecule has 2 heterocycles. The van der Waals surface area contributed by atoms with Gasteiger partial charge in [-0.2, -0.15) is 0 Å². The van der Waals surface area contributed by atoms with Crippen LogP contribution in [0.25, 0.3) is 0 Å². The number of unbranched alkanes of at least 4 members (excludes halogenated alkanes) is 1. The highest BCUT2D eigenvalue weighted by molar-refractivity contribution is 5.97. The number of likely N-dealkylation sites (tertiary alicyclic amines) is 1. The van der Waals surface area contributed by atoms with Crippen molar-refractivity contribution in [3.8, 4) is 5.75 Å². The molecule has 0 saturated carbocycles. The van der Waals surface area contributed by atoms with E-state index in [4.69, 9.17) is 9.47 Å². The van der Waals surface area contributed by atoms with Crippen LogP contribution in [0, 0.1) is 0 Å². The number of aryl methyl sites for hydroxylation is 1. The van der Waals surface area contributed by atoms with E-state index in [1.54, 1.807) is 12.1 Å². The number of likely N-dealkylation sites (N-methyl/N-ethyl adjacent to an activating group) is 1. The van der Waals surface area contributed by atoms with Gasteiger partial charge in [-0.15, -0.1) is 0 Å². The molecule has 2 unspecified atom stereocenters. The summed E-state index contributed by atoms with van der Waals surface area (Å²) in [5.41, 5.74) is 2.88. The van der Waals surface area contributed by atoms with Gasteiger partial charge in [0.2, 0.25) is 5.91 Å². The molecule has 2 amide bonds. The Bertz CT molecular complexity index is 1110. The maximum Gasteiger partial charge on any atom is 0.253 e. The van der Waals surface area contributed by atoms with E-state index in [2.05, 4.69) is 31.7 Å². The summed E-state index contributed by atoms with van der Waals surface area (Å²) in [6.45, 7) is 10.1. The summed E-state index contributed by atoms with van der Waals surface area (Å²) in [6.07, 6.45) is 4.56. The van der Waals surface area contributed by atoms with Gasteiger partial charge in [0.15, 0.2) is 6.29 Å². The molecule has 0 aromatic heterocycles. The number of aliphatic hydroxyl groups is 1. The Morgan fingerprint density at radius 2 is 1.73 bits per heavy atom. The number of benzene rings is 2. The van der Waals surface area contributed by atoms with Crippen molar-refractivity contribution >= 4 is 17.5 Å². The number of hydrogen-bond acceptors (Lipinski definition) is 6. The monoisotopic (exact) mass is 565 g/mol. The molecule has 0 bridgehead atoms. The van der Waals surface area contributed by atoms with E-state index in [1.807, 2.05) is 40.1 Å². The van der Waals surface area contributed by atoms with Gasteiger partial charge < -0.3 is 29.3 Å². The molecule has 0 aliphatic carbocycles. The van der Waals surface area contributed by atoms with Crippen molar-refractivity contribution in [2.75, 3.05) is 44.2 Å². The van der Waals surface area contributed by atoms with Crippen LogP contribution in [-0.2, 0) is 16.0 Å². The molecule has 2 aliphatic heterocycles. The number of hydrogen-bond donors (Lipinski definition) is 1. The van der Waals surface area contributed by atoms with Crippen LogP contribution in [0.1, 0.15) is 75.2 Å². The van der Waals surface area contributed by atoms with Gasteiger partial charge in [-0.05, 0) is 74.7 Å². The summed E-state index contributed by atoms with van der Waals surface area (Å²) >= 11 is 0. The summed E-state index contributed by atoms with van der Waals surface area (Å²) < 4.78 is 12.1. The fourth-order valence-electron chi connectivity index (χ4n) is 5.79. The second kappa shape index (κ2) is 15.3. The molecule has 4 rings (SSSR count). The lowest BCUT2D eigenvalue weighted by molar-refractivity contribution is -0.119. The minimum atomic E-state index is -0.574. The molecular weight excluding hydrogens is 518 g/mol. The van der Waals surface area contributed by atoms with E-state index in [9.17, 15) is 14.7 Å². The molecule has 2 atom stereocenters. The van der Waals surface area contributed by atoms with Crippen molar-refractivity contribution in [1.82, 2.24) is 9.80 Å². The average Bonchev–Trinajstić information content (AvgIpc) is 3.01. The van der Waals surface area contributed by atoms with Crippen LogP contribution in [-0.4, -0.2) is 84.5 Å². The number of nitrogens with zero attached hydrogens (tertiary/aromatic N) is 3. The third-order valence-corrected chi connectivity index (χ3v) is 8.24. The van der Waals surface area contributed by atoms with Crippen LogP contribution < -0.4 is 9.64 Å². The third-order valence-electron chi connectivity index (χ3n) is 8.24. The lowest BCUT2D eigenvalue weighted by Gasteiger charge is -2.41. The molecular formula is C33H47N3O5. The minimum absolute atomic E-state index is 0.00122. The van der Waals surface area contributed by atoms with Gasteiger partial charge in [-0.1, -0.05) is 45.4 Å². The van der Waals surface area contributed by atoms with Crippen LogP contribution in [0.3, 0.4) is 0 Å². The van der Waals surface area contributed by atoms with E-state index < -0.39 is 12.4 Å². The first kappa shape index (κ1) is 31.0. The van der Waals surface area contributed by atoms with Crippen LogP contribution in [0.2, 0.25) is 0 Å². The molecule has 1 N–H and O–H groups in total. The van der Waals surface area contributed by atoms with Crippen molar-refractivity contribution < 1.29 is 24.2 Å².